The van der Waals surface area contributed by atoms with E-state index in [0.717, 1.165) is 18.7 Å². The summed E-state index contributed by atoms with van der Waals surface area (Å²) in [4.78, 5) is 16.3. The predicted molar refractivity (Wildman–Crippen MR) is 86.8 cm³/mol. The first kappa shape index (κ1) is 15.5. The molecule has 0 spiro atoms. The molecule has 3 rings (SSSR count). The van der Waals surface area contributed by atoms with E-state index in [9.17, 15) is 13.2 Å². The van der Waals surface area contributed by atoms with Crippen LogP contribution in [0.25, 0.3) is 0 Å². The summed E-state index contributed by atoms with van der Waals surface area (Å²) in [6, 6.07) is 8.08. The van der Waals surface area contributed by atoms with E-state index in [-0.39, 0.29) is 23.5 Å². The molecule has 0 aromatic heterocycles. The summed E-state index contributed by atoms with van der Waals surface area (Å²) in [6.45, 7) is 1.36. The summed E-state index contributed by atoms with van der Waals surface area (Å²) in [5.41, 5.74) is 2.25. The third-order valence-corrected chi connectivity index (χ3v) is 6.45. The Morgan fingerprint density at radius 3 is 2.86 bits per heavy atom. The molecule has 2 heterocycles. The van der Waals surface area contributed by atoms with Crippen molar-refractivity contribution in [1.29, 1.82) is 0 Å². The van der Waals surface area contributed by atoms with Gasteiger partial charge in [-0.05, 0) is 31.5 Å². The SMILES string of the molecule is CN(CCC(=O)N1CCc2ccccc21)[C@@H]1CCS(=O)(=O)C1. The molecule has 1 atom stereocenters. The first-order valence-corrected chi connectivity index (χ1v) is 9.57. The van der Waals surface area contributed by atoms with Gasteiger partial charge in [-0.3, -0.25) is 4.79 Å². The lowest BCUT2D eigenvalue weighted by Crippen LogP contribution is -2.37. The van der Waals surface area contributed by atoms with Crippen molar-refractivity contribution in [3.8, 4) is 0 Å². The van der Waals surface area contributed by atoms with E-state index in [2.05, 4.69) is 6.07 Å². The van der Waals surface area contributed by atoms with Gasteiger partial charge >= 0.3 is 0 Å². The Labute approximate surface area is 131 Å². The van der Waals surface area contributed by atoms with Gasteiger partial charge in [-0.15, -0.1) is 0 Å². The van der Waals surface area contributed by atoms with Crippen LogP contribution in [0.15, 0.2) is 24.3 Å². The summed E-state index contributed by atoms with van der Waals surface area (Å²) in [5, 5.41) is 0. The smallest absolute Gasteiger partial charge is 0.228 e. The van der Waals surface area contributed by atoms with Gasteiger partial charge in [0.05, 0.1) is 11.5 Å². The fourth-order valence-corrected chi connectivity index (χ4v) is 5.12. The minimum atomic E-state index is -2.87. The van der Waals surface area contributed by atoms with Crippen molar-refractivity contribution < 1.29 is 13.2 Å². The van der Waals surface area contributed by atoms with E-state index in [4.69, 9.17) is 0 Å². The molecule has 0 bridgehead atoms. The molecular weight excluding hydrogens is 300 g/mol. The van der Waals surface area contributed by atoms with Crippen LogP contribution < -0.4 is 4.90 Å². The lowest BCUT2D eigenvalue weighted by molar-refractivity contribution is -0.118. The van der Waals surface area contributed by atoms with E-state index < -0.39 is 9.84 Å². The molecule has 0 radical (unpaired) electrons. The molecular formula is C16H22N2O3S. The van der Waals surface area contributed by atoms with Crippen molar-refractivity contribution in [2.75, 3.05) is 36.5 Å². The van der Waals surface area contributed by atoms with Crippen LogP contribution in [0, 0.1) is 0 Å². The Kier molecular flexibility index (Phi) is 4.23. The third kappa shape index (κ3) is 3.17. The van der Waals surface area contributed by atoms with Crippen molar-refractivity contribution in [1.82, 2.24) is 4.90 Å². The number of anilines is 1. The number of carbonyl (C=O) groups excluding carboxylic acids is 1. The summed E-state index contributed by atoms with van der Waals surface area (Å²) in [7, 11) is -0.958. The minimum absolute atomic E-state index is 0.0589. The van der Waals surface area contributed by atoms with E-state index in [1.165, 1.54) is 5.56 Å². The highest BCUT2D eigenvalue weighted by Gasteiger charge is 2.31. The number of hydrogen-bond donors (Lipinski definition) is 0. The van der Waals surface area contributed by atoms with Crippen molar-refractivity contribution in [3.63, 3.8) is 0 Å². The van der Waals surface area contributed by atoms with E-state index in [1.807, 2.05) is 35.0 Å². The average Bonchev–Trinajstić information content (AvgIpc) is 3.07. The number of rotatable bonds is 4. The second-order valence-corrected chi connectivity index (χ2v) is 8.44. The normalized spacial score (nSPS) is 23.0. The number of fused-ring (bicyclic) bond motifs is 1. The van der Waals surface area contributed by atoms with Crippen LogP contribution in [0.5, 0.6) is 0 Å². The number of benzene rings is 1. The van der Waals surface area contributed by atoms with Crippen LogP contribution in [0.2, 0.25) is 0 Å². The van der Waals surface area contributed by atoms with Gasteiger partial charge < -0.3 is 9.80 Å². The zero-order valence-electron chi connectivity index (χ0n) is 12.9. The van der Waals surface area contributed by atoms with Crippen LogP contribution in [-0.2, 0) is 21.1 Å². The van der Waals surface area contributed by atoms with Crippen LogP contribution >= 0.6 is 0 Å². The molecule has 1 aromatic carbocycles. The van der Waals surface area contributed by atoms with Crippen LogP contribution in [0.1, 0.15) is 18.4 Å². The molecule has 0 saturated carbocycles. The molecule has 1 amide bonds. The highest BCUT2D eigenvalue weighted by molar-refractivity contribution is 7.91. The van der Waals surface area contributed by atoms with Crippen LogP contribution in [0.4, 0.5) is 5.69 Å². The number of amides is 1. The quantitative estimate of drug-likeness (QED) is 0.832. The lowest BCUT2D eigenvalue weighted by atomic mass is 10.2. The molecule has 120 valence electrons. The molecule has 5 nitrogen and oxygen atoms in total. The number of nitrogens with zero attached hydrogens (tertiary/aromatic N) is 2. The fraction of sp³-hybridized carbons (Fsp3) is 0.562. The Morgan fingerprint density at radius 2 is 2.14 bits per heavy atom. The first-order chi connectivity index (χ1) is 10.5. The fourth-order valence-electron chi connectivity index (χ4n) is 3.31. The highest BCUT2D eigenvalue weighted by Crippen LogP contribution is 2.28. The maximum Gasteiger partial charge on any atom is 0.228 e. The van der Waals surface area contributed by atoms with Crippen molar-refractivity contribution in [2.45, 2.75) is 25.3 Å². The van der Waals surface area contributed by atoms with Gasteiger partial charge in [0.1, 0.15) is 0 Å². The topological polar surface area (TPSA) is 57.7 Å². The molecule has 6 heteroatoms. The molecule has 1 aromatic rings. The Bertz CT molecular complexity index is 672. The van der Waals surface area contributed by atoms with Gasteiger partial charge in [0.15, 0.2) is 9.84 Å². The average molecular weight is 322 g/mol. The number of carbonyl (C=O) groups is 1. The predicted octanol–water partition coefficient (Wildman–Crippen LogP) is 1.08. The van der Waals surface area contributed by atoms with Crippen molar-refractivity contribution in [2.24, 2.45) is 0 Å². The summed E-state index contributed by atoms with van der Waals surface area (Å²) >= 11 is 0. The van der Waals surface area contributed by atoms with Crippen LogP contribution in [0.3, 0.4) is 0 Å². The number of hydrogen-bond acceptors (Lipinski definition) is 4. The lowest BCUT2D eigenvalue weighted by Gasteiger charge is -2.24. The second kappa shape index (κ2) is 6.01. The van der Waals surface area contributed by atoms with Gasteiger partial charge in [-0.25, -0.2) is 8.42 Å². The molecule has 0 N–H and O–H groups in total. The molecule has 0 aliphatic carbocycles. The number of sulfone groups is 1. The van der Waals surface area contributed by atoms with Crippen LogP contribution in [-0.4, -0.2) is 56.9 Å². The van der Waals surface area contributed by atoms with E-state index >= 15 is 0 Å². The standard InChI is InChI=1S/C16H22N2O3S/c1-17(14-8-11-22(20,21)12-14)9-7-16(19)18-10-6-13-4-2-3-5-15(13)18/h2-5,14H,6-12H2,1H3/t14-/m1/s1. The first-order valence-electron chi connectivity index (χ1n) is 7.75. The molecule has 1 fully saturated rings. The van der Waals surface area contributed by atoms with Gasteiger partial charge in [-0.1, -0.05) is 18.2 Å². The van der Waals surface area contributed by atoms with Gasteiger partial charge in [0.25, 0.3) is 0 Å². The second-order valence-electron chi connectivity index (χ2n) is 6.21. The van der Waals surface area contributed by atoms with Gasteiger partial charge in [-0.2, -0.15) is 0 Å². The molecule has 2 aliphatic heterocycles. The van der Waals surface area contributed by atoms with Crippen molar-refractivity contribution >= 4 is 21.4 Å². The summed E-state index contributed by atoms with van der Waals surface area (Å²) < 4.78 is 23.1. The Balaban J connectivity index is 1.55. The van der Waals surface area contributed by atoms with E-state index in [0.29, 0.717) is 19.4 Å². The number of para-hydroxylation sites is 1. The summed E-state index contributed by atoms with van der Waals surface area (Å²) in [6.07, 6.45) is 2.03. The van der Waals surface area contributed by atoms with Crippen molar-refractivity contribution in [3.05, 3.63) is 29.8 Å². The molecule has 1 saturated heterocycles. The minimum Gasteiger partial charge on any atom is -0.312 e. The molecule has 2 aliphatic rings. The van der Waals surface area contributed by atoms with Gasteiger partial charge in [0.2, 0.25) is 5.91 Å². The molecule has 22 heavy (non-hydrogen) atoms. The maximum atomic E-state index is 12.4. The Hall–Kier alpha value is -1.40. The Morgan fingerprint density at radius 1 is 1.36 bits per heavy atom. The van der Waals surface area contributed by atoms with E-state index in [1.54, 1.807) is 0 Å². The largest absolute Gasteiger partial charge is 0.312 e. The van der Waals surface area contributed by atoms with Gasteiger partial charge in [0, 0.05) is 31.2 Å². The molecule has 0 unspecified atom stereocenters. The third-order valence-electron chi connectivity index (χ3n) is 4.70. The zero-order chi connectivity index (χ0) is 15.7. The monoisotopic (exact) mass is 322 g/mol. The maximum absolute atomic E-state index is 12.4. The summed E-state index contributed by atoms with van der Waals surface area (Å²) in [5.74, 6) is 0.623. The highest BCUT2D eigenvalue weighted by atomic mass is 32.2. The zero-order valence-corrected chi connectivity index (χ0v) is 13.7.